The average molecular weight is 284 g/mol. The normalized spacial score (nSPS) is 10.7. The van der Waals surface area contributed by atoms with Crippen LogP contribution in [0.3, 0.4) is 0 Å². The van der Waals surface area contributed by atoms with E-state index in [1.54, 1.807) is 11.8 Å². The highest BCUT2D eigenvalue weighted by molar-refractivity contribution is 7.99. The Morgan fingerprint density at radius 2 is 2.16 bits per heavy atom. The van der Waals surface area contributed by atoms with E-state index in [0.717, 1.165) is 17.9 Å². The second-order valence-electron chi connectivity index (χ2n) is 4.83. The minimum Gasteiger partial charge on any atom is -0.399 e. The molecule has 0 bridgehead atoms. The number of hydrogen-bond acceptors (Lipinski definition) is 3. The maximum atomic E-state index is 13.4. The Labute approximate surface area is 118 Å². The summed E-state index contributed by atoms with van der Waals surface area (Å²) in [7, 11) is 0. The van der Waals surface area contributed by atoms with Gasteiger partial charge in [0.05, 0.1) is 5.69 Å². The summed E-state index contributed by atoms with van der Waals surface area (Å²) in [6, 6.07) is 4.15. The fourth-order valence-electron chi connectivity index (χ4n) is 1.44. The molecule has 0 spiro atoms. The molecule has 1 aromatic carbocycles. The largest absolute Gasteiger partial charge is 0.399 e. The minimum atomic E-state index is -0.463. The molecule has 0 radical (unpaired) electrons. The highest BCUT2D eigenvalue weighted by atomic mass is 32.2. The first-order chi connectivity index (χ1) is 8.99. The molecular formula is C14H21FN2OS. The maximum Gasteiger partial charge on any atom is 0.225 e. The fraction of sp³-hybridized carbons (Fsp3) is 0.500. The first-order valence-electron chi connectivity index (χ1n) is 6.41. The second kappa shape index (κ2) is 8.04. The molecule has 1 amide bonds. The quantitative estimate of drug-likeness (QED) is 0.595. The van der Waals surface area contributed by atoms with E-state index >= 15 is 0 Å². The molecule has 106 valence electrons. The predicted octanol–water partition coefficient (Wildman–Crippen LogP) is 3.52. The Bertz CT molecular complexity index is 424. The zero-order valence-electron chi connectivity index (χ0n) is 11.4. The molecule has 0 atom stereocenters. The van der Waals surface area contributed by atoms with Gasteiger partial charge in [0, 0.05) is 17.9 Å². The van der Waals surface area contributed by atoms with Gasteiger partial charge in [0.1, 0.15) is 5.82 Å². The number of carbonyl (C=O) groups excluding carboxylic acids is 1. The number of hydrogen-bond donors (Lipinski definition) is 2. The number of nitrogen functional groups attached to an aromatic ring is 1. The monoisotopic (exact) mass is 284 g/mol. The average Bonchev–Trinajstić information content (AvgIpc) is 2.33. The van der Waals surface area contributed by atoms with Gasteiger partial charge in [-0.05, 0) is 36.3 Å². The summed E-state index contributed by atoms with van der Waals surface area (Å²) in [5.41, 5.74) is 6.13. The number of amides is 1. The summed E-state index contributed by atoms with van der Waals surface area (Å²) < 4.78 is 13.4. The number of benzene rings is 1. The van der Waals surface area contributed by atoms with Gasteiger partial charge in [-0.25, -0.2) is 4.39 Å². The number of rotatable bonds is 7. The lowest BCUT2D eigenvalue weighted by Crippen LogP contribution is -2.13. The Hall–Kier alpha value is -1.23. The summed E-state index contributed by atoms with van der Waals surface area (Å²) in [6.07, 6.45) is 1.53. The van der Waals surface area contributed by atoms with E-state index in [4.69, 9.17) is 5.73 Å². The van der Waals surface area contributed by atoms with Crippen LogP contribution in [0, 0.1) is 11.7 Å². The SMILES string of the molecule is CC(C)CCSCCC(=O)Nc1cc(N)ccc1F. The summed E-state index contributed by atoms with van der Waals surface area (Å²) in [6.45, 7) is 4.35. The molecule has 0 aromatic heterocycles. The molecule has 3 N–H and O–H groups in total. The molecule has 0 fully saturated rings. The van der Waals surface area contributed by atoms with Crippen molar-refractivity contribution in [3.63, 3.8) is 0 Å². The summed E-state index contributed by atoms with van der Waals surface area (Å²) in [4.78, 5) is 11.6. The van der Waals surface area contributed by atoms with Crippen molar-refractivity contribution in [3.8, 4) is 0 Å². The highest BCUT2D eigenvalue weighted by Crippen LogP contribution is 2.18. The smallest absolute Gasteiger partial charge is 0.225 e. The van der Waals surface area contributed by atoms with Crippen LogP contribution in [0.4, 0.5) is 15.8 Å². The Kier molecular flexibility index (Phi) is 6.70. The van der Waals surface area contributed by atoms with Crippen LogP contribution in [0.2, 0.25) is 0 Å². The van der Waals surface area contributed by atoms with Crippen LogP contribution in [0.5, 0.6) is 0 Å². The molecular weight excluding hydrogens is 263 g/mol. The van der Waals surface area contributed by atoms with Gasteiger partial charge < -0.3 is 11.1 Å². The number of carbonyl (C=O) groups is 1. The molecule has 0 aliphatic carbocycles. The molecule has 0 heterocycles. The summed E-state index contributed by atoms with van der Waals surface area (Å²) >= 11 is 1.75. The van der Waals surface area contributed by atoms with Crippen molar-refractivity contribution in [2.24, 2.45) is 5.92 Å². The molecule has 0 saturated carbocycles. The van der Waals surface area contributed by atoms with Gasteiger partial charge in [-0.2, -0.15) is 11.8 Å². The Balaban J connectivity index is 2.29. The second-order valence-corrected chi connectivity index (χ2v) is 6.06. The van der Waals surface area contributed by atoms with Crippen molar-refractivity contribution in [3.05, 3.63) is 24.0 Å². The van der Waals surface area contributed by atoms with Crippen molar-refractivity contribution < 1.29 is 9.18 Å². The van der Waals surface area contributed by atoms with Crippen LogP contribution < -0.4 is 11.1 Å². The van der Waals surface area contributed by atoms with Crippen molar-refractivity contribution in [1.82, 2.24) is 0 Å². The van der Waals surface area contributed by atoms with E-state index in [1.807, 2.05) is 0 Å². The van der Waals surface area contributed by atoms with Gasteiger partial charge in [-0.1, -0.05) is 13.8 Å². The van der Waals surface area contributed by atoms with E-state index in [9.17, 15) is 9.18 Å². The fourth-order valence-corrected chi connectivity index (χ4v) is 2.61. The molecule has 19 heavy (non-hydrogen) atoms. The third-order valence-corrected chi connectivity index (χ3v) is 3.59. The Morgan fingerprint density at radius 1 is 1.42 bits per heavy atom. The number of nitrogens with two attached hydrogens (primary N) is 1. The molecule has 0 aliphatic heterocycles. The maximum absolute atomic E-state index is 13.4. The first-order valence-corrected chi connectivity index (χ1v) is 7.57. The van der Waals surface area contributed by atoms with Crippen LogP contribution in [0.15, 0.2) is 18.2 Å². The van der Waals surface area contributed by atoms with E-state index in [0.29, 0.717) is 18.0 Å². The van der Waals surface area contributed by atoms with Crippen LogP contribution in [0.25, 0.3) is 0 Å². The number of halogens is 1. The van der Waals surface area contributed by atoms with Crippen LogP contribution in [-0.2, 0) is 4.79 Å². The van der Waals surface area contributed by atoms with E-state index in [2.05, 4.69) is 19.2 Å². The first kappa shape index (κ1) is 15.8. The van der Waals surface area contributed by atoms with Gasteiger partial charge in [-0.3, -0.25) is 4.79 Å². The third kappa shape index (κ3) is 6.47. The lowest BCUT2D eigenvalue weighted by Gasteiger charge is -2.07. The number of anilines is 2. The molecule has 0 unspecified atom stereocenters. The van der Waals surface area contributed by atoms with Gasteiger partial charge in [0.2, 0.25) is 5.91 Å². The van der Waals surface area contributed by atoms with Crippen molar-refractivity contribution in [2.75, 3.05) is 22.6 Å². The standard InChI is InChI=1S/C14H21FN2OS/c1-10(2)5-7-19-8-6-14(18)17-13-9-11(16)3-4-12(13)15/h3-4,9-10H,5-8,16H2,1-2H3,(H,17,18). The van der Waals surface area contributed by atoms with Crippen molar-refractivity contribution >= 4 is 29.0 Å². The minimum absolute atomic E-state index is 0.150. The topological polar surface area (TPSA) is 55.1 Å². The zero-order chi connectivity index (χ0) is 14.3. The zero-order valence-corrected chi connectivity index (χ0v) is 12.2. The van der Waals surface area contributed by atoms with E-state index < -0.39 is 5.82 Å². The van der Waals surface area contributed by atoms with Crippen molar-refractivity contribution in [2.45, 2.75) is 26.7 Å². The summed E-state index contributed by atoms with van der Waals surface area (Å²) in [5.74, 6) is 1.85. The number of thioether (sulfide) groups is 1. The summed E-state index contributed by atoms with van der Waals surface area (Å²) in [5, 5.41) is 2.54. The highest BCUT2D eigenvalue weighted by Gasteiger charge is 2.07. The lowest BCUT2D eigenvalue weighted by molar-refractivity contribution is -0.115. The van der Waals surface area contributed by atoms with Gasteiger partial charge in [0.25, 0.3) is 0 Å². The molecule has 1 rings (SSSR count). The van der Waals surface area contributed by atoms with Gasteiger partial charge in [0.15, 0.2) is 0 Å². The predicted molar refractivity (Wildman–Crippen MR) is 80.8 cm³/mol. The van der Waals surface area contributed by atoms with Crippen LogP contribution in [-0.4, -0.2) is 17.4 Å². The molecule has 5 heteroatoms. The molecule has 1 aromatic rings. The lowest BCUT2D eigenvalue weighted by atomic mass is 10.2. The van der Waals surface area contributed by atoms with Gasteiger partial charge >= 0.3 is 0 Å². The molecule has 0 aliphatic rings. The molecule has 0 saturated heterocycles. The van der Waals surface area contributed by atoms with Crippen LogP contribution >= 0.6 is 11.8 Å². The third-order valence-electron chi connectivity index (χ3n) is 2.58. The van der Waals surface area contributed by atoms with E-state index in [1.165, 1.54) is 18.2 Å². The number of nitrogens with one attached hydrogen (secondary N) is 1. The Morgan fingerprint density at radius 3 is 2.84 bits per heavy atom. The molecule has 3 nitrogen and oxygen atoms in total. The van der Waals surface area contributed by atoms with Crippen molar-refractivity contribution in [1.29, 1.82) is 0 Å². The van der Waals surface area contributed by atoms with Gasteiger partial charge in [-0.15, -0.1) is 0 Å². The van der Waals surface area contributed by atoms with Crippen LogP contribution in [0.1, 0.15) is 26.7 Å². The van der Waals surface area contributed by atoms with E-state index in [-0.39, 0.29) is 11.6 Å².